The number of amides is 1. The van der Waals surface area contributed by atoms with E-state index in [1.165, 1.54) is 10.8 Å². The standard InChI is InChI=1S/C23H19N5O3/c29-20(26-12-9-17-6-1-2-7-18(17)26)15-27-19-8-4-11-25-21(19)22(30)28(23(27)31)14-16-5-3-10-24-13-16/h1-8,10-11,13H,9,12,14-15H2. The monoisotopic (exact) mass is 413 g/mol. The van der Waals surface area contributed by atoms with E-state index >= 15 is 0 Å². The lowest BCUT2D eigenvalue weighted by Gasteiger charge is -2.19. The van der Waals surface area contributed by atoms with Crippen molar-refractivity contribution >= 4 is 22.6 Å². The van der Waals surface area contributed by atoms with Crippen molar-refractivity contribution in [1.29, 1.82) is 0 Å². The summed E-state index contributed by atoms with van der Waals surface area (Å²) in [6.07, 6.45) is 5.51. The van der Waals surface area contributed by atoms with Crippen LogP contribution in [0.1, 0.15) is 11.1 Å². The summed E-state index contributed by atoms with van der Waals surface area (Å²) in [7, 11) is 0. The number of nitrogens with zero attached hydrogens (tertiary/aromatic N) is 5. The van der Waals surface area contributed by atoms with Crippen LogP contribution < -0.4 is 16.1 Å². The number of rotatable bonds is 4. The Morgan fingerprint density at radius 3 is 2.65 bits per heavy atom. The summed E-state index contributed by atoms with van der Waals surface area (Å²) in [4.78, 5) is 49.4. The topological polar surface area (TPSA) is 90.1 Å². The molecule has 1 aromatic carbocycles. The van der Waals surface area contributed by atoms with E-state index in [1.807, 2.05) is 24.3 Å². The fourth-order valence-electron chi connectivity index (χ4n) is 4.03. The van der Waals surface area contributed by atoms with Crippen molar-refractivity contribution in [2.24, 2.45) is 0 Å². The van der Waals surface area contributed by atoms with E-state index in [1.54, 1.807) is 41.6 Å². The minimum Gasteiger partial charge on any atom is -0.310 e. The number of pyridine rings is 2. The lowest BCUT2D eigenvalue weighted by Crippen LogP contribution is -2.43. The molecule has 5 rings (SSSR count). The van der Waals surface area contributed by atoms with Crippen molar-refractivity contribution in [3.63, 3.8) is 0 Å². The summed E-state index contributed by atoms with van der Waals surface area (Å²) in [5.74, 6) is -0.205. The van der Waals surface area contributed by atoms with Gasteiger partial charge in [0, 0.05) is 30.8 Å². The largest absolute Gasteiger partial charge is 0.332 e. The van der Waals surface area contributed by atoms with E-state index < -0.39 is 11.2 Å². The fourth-order valence-corrected chi connectivity index (χ4v) is 4.03. The van der Waals surface area contributed by atoms with E-state index in [9.17, 15) is 14.4 Å². The molecule has 1 aliphatic rings. The molecule has 0 radical (unpaired) electrons. The molecule has 0 bridgehead atoms. The first-order valence-corrected chi connectivity index (χ1v) is 9.99. The second-order valence-corrected chi connectivity index (χ2v) is 7.42. The molecule has 3 aromatic heterocycles. The molecule has 8 nitrogen and oxygen atoms in total. The number of aromatic nitrogens is 4. The molecular formula is C23H19N5O3. The van der Waals surface area contributed by atoms with Crippen LogP contribution in [-0.4, -0.2) is 31.6 Å². The average molecular weight is 413 g/mol. The van der Waals surface area contributed by atoms with Crippen LogP contribution in [0.15, 0.2) is 76.7 Å². The van der Waals surface area contributed by atoms with Gasteiger partial charge in [0.25, 0.3) is 5.56 Å². The Morgan fingerprint density at radius 2 is 1.81 bits per heavy atom. The van der Waals surface area contributed by atoms with E-state index in [4.69, 9.17) is 0 Å². The maximum Gasteiger partial charge on any atom is 0.332 e. The maximum atomic E-state index is 13.3. The molecule has 0 spiro atoms. The highest BCUT2D eigenvalue weighted by Crippen LogP contribution is 2.27. The van der Waals surface area contributed by atoms with Gasteiger partial charge in [-0.1, -0.05) is 24.3 Å². The molecule has 8 heteroatoms. The number of hydrogen-bond donors (Lipinski definition) is 0. The minimum atomic E-state index is -0.546. The van der Waals surface area contributed by atoms with Gasteiger partial charge in [0.05, 0.1) is 12.1 Å². The van der Waals surface area contributed by atoms with Crippen molar-refractivity contribution in [2.75, 3.05) is 11.4 Å². The molecule has 1 amide bonds. The van der Waals surface area contributed by atoms with Gasteiger partial charge in [0.15, 0.2) is 5.52 Å². The zero-order chi connectivity index (χ0) is 21.4. The predicted molar refractivity (Wildman–Crippen MR) is 116 cm³/mol. The van der Waals surface area contributed by atoms with Gasteiger partial charge in [-0.25, -0.2) is 9.78 Å². The molecule has 0 saturated heterocycles. The van der Waals surface area contributed by atoms with Gasteiger partial charge in [0.1, 0.15) is 6.54 Å². The number of para-hydroxylation sites is 1. The van der Waals surface area contributed by atoms with Gasteiger partial charge in [-0.15, -0.1) is 0 Å². The summed E-state index contributed by atoms with van der Waals surface area (Å²) in [6.45, 7) is 0.444. The summed E-state index contributed by atoms with van der Waals surface area (Å²) in [5.41, 5.74) is 2.16. The first-order valence-electron chi connectivity index (χ1n) is 9.99. The molecular weight excluding hydrogens is 394 g/mol. The van der Waals surface area contributed by atoms with Crippen LogP contribution in [0, 0.1) is 0 Å². The van der Waals surface area contributed by atoms with Gasteiger partial charge >= 0.3 is 5.69 Å². The van der Waals surface area contributed by atoms with Crippen LogP contribution in [0.25, 0.3) is 11.0 Å². The Bertz CT molecular complexity index is 1410. The zero-order valence-corrected chi connectivity index (χ0v) is 16.6. The highest BCUT2D eigenvalue weighted by molar-refractivity contribution is 5.95. The normalized spacial score (nSPS) is 12.8. The molecule has 0 unspecified atom stereocenters. The molecule has 0 saturated carbocycles. The molecule has 1 aliphatic heterocycles. The Morgan fingerprint density at radius 1 is 0.968 bits per heavy atom. The van der Waals surface area contributed by atoms with Crippen LogP contribution >= 0.6 is 0 Å². The lowest BCUT2D eigenvalue weighted by atomic mass is 10.2. The molecule has 154 valence electrons. The van der Waals surface area contributed by atoms with Crippen molar-refractivity contribution in [3.8, 4) is 0 Å². The first-order chi connectivity index (χ1) is 15.1. The number of carbonyl (C=O) groups is 1. The SMILES string of the molecule is O=C(Cn1c(=O)n(Cc2cccnc2)c(=O)c2ncccc21)N1CCc2ccccc21. The Labute approximate surface area is 177 Å². The number of benzene rings is 1. The summed E-state index contributed by atoms with van der Waals surface area (Å²) < 4.78 is 2.45. The van der Waals surface area contributed by atoms with E-state index in [0.29, 0.717) is 17.6 Å². The number of fused-ring (bicyclic) bond motifs is 2. The van der Waals surface area contributed by atoms with Crippen LogP contribution in [0.4, 0.5) is 5.69 Å². The second kappa shape index (κ2) is 7.64. The van der Waals surface area contributed by atoms with Crippen LogP contribution in [0.3, 0.4) is 0 Å². The predicted octanol–water partition coefficient (Wildman–Crippen LogP) is 1.59. The Balaban J connectivity index is 1.59. The lowest BCUT2D eigenvalue weighted by molar-refractivity contribution is -0.119. The van der Waals surface area contributed by atoms with Crippen molar-refractivity contribution in [2.45, 2.75) is 19.5 Å². The quantitative estimate of drug-likeness (QED) is 0.507. The van der Waals surface area contributed by atoms with Gasteiger partial charge in [-0.2, -0.15) is 0 Å². The average Bonchev–Trinajstić information content (AvgIpc) is 3.24. The molecule has 31 heavy (non-hydrogen) atoms. The van der Waals surface area contributed by atoms with Gasteiger partial charge in [-0.3, -0.25) is 23.7 Å². The third-order valence-electron chi connectivity index (χ3n) is 5.53. The van der Waals surface area contributed by atoms with Gasteiger partial charge in [-0.05, 0) is 41.8 Å². The number of anilines is 1. The third-order valence-corrected chi connectivity index (χ3v) is 5.53. The Kier molecular flexibility index (Phi) is 4.66. The molecule has 0 fully saturated rings. The van der Waals surface area contributed by atoms with Crippen molar-refractivity contribution in [3.05, 3.63) is 99.1 Å². The highest BCUT2D eigenvalue weighted by Gasteiger charge is 2.25. The minimum absolute atomic E-state index is 0.0543. The van der Waals surface area contributed by atoms with Crippen molar-refractivity contribution in [1.82, 2.24) is 19.1 Å². The highest BCUT2D eigenvalue weighted by atomic mass is 16.2. The van der Waals surface area contributed by atoms with E-state index in [0.717, 1.165) is 22.2 Å². The first kappa shape index (κ1) is 18.9. The fraction of sp³-hybridized carbons (Fsp3) is 0.174. The number of hydrogen-bond acceptors (Lipinski definition) is 5. The Hall–Kier alpha value is -4.07. The van der Waals surface area contributed by atoms with Crippen LogP contribution in [0.2, 0.25) is 0 Å². The summed E-state index contributed by atoms with van der Waals surface area (Å²) >= 11 is 0. The van der Waals surface area contributed by atoms with Gasteiger partial charge < -0.3 is 4.90 Å². The number of carbonyl (C=O) groups excluding carboxylic acids is 1. The molecule has 0 N–H and O–H groups in total. The smallest absolute Gasteiger partial charge is 0.310 e. The zero-order valence-electron chi connectivity index (χ0n) is 16.6. The summed E-state index contributed by atoms with van der Waals surface area (Å²) in [5, 5.41) is 0. The molecule has 0 aliphatic carbocycles. The van der Waals surface area contributed by atoms with E-state index in [-0.39, 0.29) is 24.5 Å². The molecule has 0 atom stereocenters. The summed E-state index contributed by atoms with van der Waals surface area (Å²) in [6, 6.07) is 14.6. The molecule has 4 aromatic rings. The second-order valence-electron chi connectivity index (χ2n) is 7.42. The maximum absolute atomic E-state index is 13.3. The van der Waals surface area contributed by atoms with Crippen LogP contribution in [-0.2, 0) is 24.3 Å². The van der Waals surface area contributed by atoms with E-state index in [2.05, 4.69) is 9.97 Å². The van der Waals surface area contributed by atoms with Gasteiger partial charge in [0.2, 0.25) is 5.91 Å². The van der Waals surface area contributed by atoms with Crippen molar-refractivity contribution < 1.29 is 4.79 Å². The van der Waals surface area contributed by atoms with Crippen LogP contribution in [0.5, 0.6) is 0 Å². The third kappa shape index (κ3) is 3.31. The molecule has 4 heterocycles.